The SMILES string of the molecule is Cc1ccc(CNc2ncc(-c3cccc([N+](=O)[O-])c3)n2C)cc1. The highest BCUT2D eigenvalue weighted by atomic mass is 16.6. The topological polar surface area (TPSA) is 73.0 Å². The summed E-state index contributed by atoms with van der Waals surface area (Å²) in [5, 5.41) is 14.2. The van der Waals surface area contributed by atoms with Crippen LogP contribution in [-0.4, -0.2) is 14.5 Å². The molecule has 3 aromatic rings. The van der Waals surface area contributed by atoms with E-state index >= 15 is 0 Å². The third kappa shape index (κ3) is 3.27. The van der Waals surface area contributed by atoms with Crippen LogP contribution in [-0.2, 0) is 13.6 Å². The van der Waals surface area contributed by atoms with Gasteiger partial charge in [0.15, 0.2) is 0 Å². The predicted octanol–water partition coefficient (Wildman–Crippen LogP) is 3.92. The van der Waals surface area contributed by atoms with Crippen LogP contribution in [0.3, 0.4) is 0 Å². The van der Waals surface area contributed by atoms with Crippen LogP contribution in [0, 0.1) is 17.0 Å². The molecule has 0 aliphatic heterocycles. The summed E-state index contributed by atoms with van der Waals surface area (Å²) in [5.41, 5.74) is 4.06. The number of nitro benzene ring substituents is 1. The van der Waals surface area contributed by atoms with E-state index in [9.17, 15) is 10.1 Å². The number of aromatic nitrogens is 2. The van der Waals surface area contributed by atoms with E-state index in [2.05, 4.69) is 41.5 Å². The van der Waals surface area contributed by atoms with Crippen molar-refractivity contribution < 1.29 is 4.92 Å². The van der Waals surface area contributed by atoms with Gasteiger partial charge < -0.3 is 9.88 Å². The van der Waals surface area contributed by atoms with Crippen LogP contribution in [0.5, 0.6) is 0 Å². The van der Waals surface area contributed by atoms with Gasteiger partial charge in [0.25, 0.3) is 5.69 Å². The third-order valence-electron chi connectivity index (χ3n) is 3.91. The number of rotatable bonds is 5. The van der Waals surface area contributed by atoms with Crippen molar-refractivity contribution in [3.05, 3.63) is 76.0 Å². The Bertz CT molecular complexity index is 869. The molecule has 0 aliphatic carbocycles. The summed E-state index contributed by atoms with van der Waals surface area (Å²) >= 11 is 0. The van der Waals surface area contributed by atoms with Crippen molar-refractivity contribution in [3.8, 4) is 11.3 Å². The van der Waals surface area contributed by atoms with Gasteiger partial charge in [-0.3, -0.25) is 10.1 Å². The molecule has 0 saturated carbocycles. The monoisotopic (exact) mass is 322 g/mol. The van der Waals surface area contributed by atoms with E-state index in [1.807, 2.05) is 17.7 Å². The third-order valence-corrected chi connectivity index (χ3v) is 3.91. The highest BCUT2D eigenvalue weighted by Gasteiger charge is 2.12. The van der Waals surface area contributed by atoms with E-state index in [4.69, 9.17) is 0 Å². The molecule has 0 saturated heterocycles. The van der Waals surface area contributed by atoms with Crippen LogP contribution in [0.25, 0.3) is 11.3 Å². The molecule has 0 fully saturated rings. The maximum absolute atomic E-state index is 10.9. The molecule has 0 aliphatic rings. The molecule has 2 aromatic carbocycles. The Morgan fingerprint density at radius 2 is 1.96 bits per heavy atom. The van der Waals surface area contributed by atoms with Crippen molar-refractivity contribution in [1.29, 1.82) is 0 Å². The molecule has 0 unspecified atom stereocenters. The molecule has 6 nitrogen and oxygen atoms in total. The maximum Gasteiger partial charge on any atom is 0.270 e. The van der Waals surface area contributed by atoms with Gasteiger partial charge in [0, 0.05) is 31.3 Å². The Hall–Kier alpha value is -3.15. The number of imidazole rings is 1. The number of hydrogen-bond donors (Lipinski definition) is 1. The second-order valence-electron chi connectivity index (χ2n) is 5.67. The first-order chi connectivity index (χ1) is 11.5. The quantitative estimate of drug-likeness (QED) is 0.571. The van der Waals surface area contributed by atoms with Gasteiger partial charge in [-0.2, -0.15) is 0 Å². The van der Waals surface area contributed by atoms with Gasteiger partial charge in [-0.25, -0.2) is 4.98 Å². The van der Waals surface area contributed by atoms with Gasteiger partial charge in [0.05, 0.1) is 16.8 Å². The average molecular weight is 322 g/mol. The van der Waals surface area contributed by atoms with Crippen molar-refractivity contribution in [3.63, 3.8) is 0 Å². The number of non-ortho nitro benzene ring substituents is 1. The minimum atomic E-state index is -0.392. The number of nitro groups is 1. The minimum Gasteiger partial charge on any atom is -0.352 e. The van der Waals surface area contributed by atoms with Crippen LogP contribution in [0.1, 0.15) is 11.1 Å². The molecule has 1 aromatic heterocycles. The molecule has 0 radical (unpaired) electrons. The highest BCUT2D eigenvalue weighted by Crippen LogP contribution is 2.25. The standard InChI is InChI=1S/C18H18N4O2/c1-13-6-8-14(9-7-13)11-19-18-20-12-17(21(18)2)15-4-3-5-16(10-15)22(23)24/h3-10,12H,11H2,1-2H3,(H,19,20). The molecular weight excluding hydrogens is 304 g/mol. The number of aryl methyl sites for hydroxylation is 1. The van der Waals surface area contributed by atoms with E-state index in [0.29, 0.717) is 6.54 Å². The van der Waals surface area contributed by atoms with Gasteiger partial charge in [0.2, 0.25) is 5.95 Å². The summed E-state index contributed by atoms with van der Waals surface area (Å²) < 4.78 is 1.90. The number of hydrogen-bond acceptors (Lipinski definition) is 4. The molecular formula is C18H18N4O2. The lowest BCUT2D eigenvalue weighted by Gasteiger charge is -2.09. The van der Waals surface area contributed by atoms with Gasteiger partial charge in [0.1, 0.15) is 0 Å². The molecule has 0 bridgehead atoms. The zero-order valence-electron chi connectivity index (χ0n) is 13.6. The average Bonchev–Trinajstić information content (AvgIpc) is 2.95. The molecule has 1 heterocycles. The van der Waals surface area contributed by atoms with Crippen LogP contribution in [0.2, 0.25) is 0 Å². The van der Waals surface area contributed by atoms with E-state index in [0.717, 1.165) is 17.2 Å². The maximum atomic E-state index is 10.9. The van der Waals surface area contributed by atoms with E-state index in [1.54, 1.807) is 18.3 Å². The van der Waals surface area contributed by atoms with Crippen molar-refractivity contribution in [2.45, 2.75) is 13.5 Å². The number of anilines is 1. The molecule has 24 heavy (non-hydrogen) atoms. The smallest absolute Gasteiger partial charge is 0.270 e. The van der Waals surface area contributed by atoms with Crippen LogP contribution < -0.4 is 5.32 Å². The van der Waals surface area contributed by atoms with Gasteiger partial charge >= 0.3 is 0 Å². The Labute approximate surface area is 139 Å². The zero-order valence-corrected chi connectivity index (χ0v) is 13.6. The lowest BCUT2D eigenvalue weighted by atomic mass is 10.1. The van der Waals surface area contributed by atoms with E-state index in [1.165, 1.54) is 17.2 Å². The van der Waals surface area contributed by atoms with Crippen LogP contribution in [0.15, 0.2) is 54.7 Å². The van der Waals surface area contributed by atoms with Crippen molar-refractivity contribution in [2.75, 3.05) is 5.32 Å². The lowest BCUT2D eigenvalue weighted by molar-refractivity contribution is -0.384. The van der Waals surface area contributed by atoms with Gasteiger partial charge in [-0.05, 0) is 12.5 Å². The number of nitrogens with one attached hydrogen (secondary N) is 1. The molecule has 122 valence electrons. The molecule has 1 N–H and O–H groups in total. The first-order valence-electron chi connectivity index (χ1n) is 7.60. The minimum absolute atomic E-state index is 0.0721. The zero-order chi connectivity index (χ0) is 17.1. The summed E-state index contributed by atoms with van der Waals surface area (Å²) in [4.78, 5) is 14.9. The van der Waals surface area contributed by atoms with E-state index in [-0.39, 0.29) is 5.69 Å². The summed E-state index contributed by atoms with van der Waals surface area (Å²) in [5.74, 6) is 0.720. The lowest BCUT2D eigenvalue weighted by Crippen LogP contribution is -2.05. The van der Waals surface area contributed by atoms with Crippen molar-refractivity contribution in [2.24, 2.45) is 7.05 Å². The Kier molecular flexibility index (Phi) is 4.29. The first-order valence-corrected chi connectivity index (χ1v) is 7.60. The predicted molar refractivity (Wildman–Crippen MR) is 93.8 cm³/mol. The first kappa shape index (κ1) is 15.7. The summed E-state index contributed by atoms with van der Waals surface area (Å²) in [6.07, 6.45) is 1.72. The van der Waals surface area contributed by atoms with Crippen LogP contribution in [0.4, 0.5) is 11.6 Å². The fraction of sp³-hybridized carbons (Fsp3) is 0.167. The number of nitrogens with zero attached hydrogens (tertiary/aromatic N) is 3. The van der Waals surface area contributed by atoms with E-state index < -0.39 is 4.92 Å². The second-order valence-corrected chi connectivity index (χ2v) is 5.67. The molecule has 0 atom stereocenters. The Morgan fingerprint density at radius 1 is 1.21 bits per heavy atom. The number of benzene rings is 2. The molecule has 3 rings (SSSR count). The summed E-state index contributed by atoms with van der Waals surface area (Å²) in [6.45, 7) is 2.72. The second kappa shape index (κ2) is 6.54. The largest absolute Gasteiger partial charge is 0.352 e. The summed E-state index contributed by atoms with van der Waals surface area (Å²) in [6, 6.07) is 14.9. The summed E-state index contributed by atoms with van der Waals surface area (Å²) in [7, 11) is 1.89. The van der Waals surface area contributed by atoms with Crippen LogP contribution >= 0.6 is 0 Å². The van der Waals surface area contributed by atoms with Gasteiger partial charge in [-0.15, -0.1) is 0 Å². The molecule has 6 heteroatoms. The Morgan fingerprint density at radius 3 is 2.67 bits per heavy atom. The van der Waals surface area contributed by atoms with Crippen molar-refractivity contribution in [1.82, 2.24) is 9.55 Å². The Balaban J connectivity index is 1.79. The van der Waals surface area contributed by atoms with Gasteiger partial charge in [-0.1, -0.05) is 42.0 Å². The fourth-order valence-corrected chi connectivity index (χ4v) is 2.51. The molecule has 0 spiro atoms. The van der Waals surface area contributed by atoms with Crippen molar-refractivity contribution >= 4 is 11.6 Å². The fourth-order valence-electron chi connectivity index (χ4n) is 2.51. The normalized spacial score (nSPS) is 10.6. The molecule has 0 amide bonds. The highest BCUT2D eigenvalue weighted by molar-refractivity contribution is 5.64.